The quantitative estimate of drug-likeness (QED) is 0.329. The van der Waals surface area contributed by atoms with Crippen LogP contribution in [0.4, 0.5) is 9.59 Å². The maximum absolute atomic E-state index is 13.0. The molecule has 0 aliphatic heterocycles. The molecule has 0 spiro atoms. The van der Waals surface area contributed by atoms with E-state index in [1.54, 1.807) is 0 Å². The fourth-order valence-electron chi connectivity index (χ4n) is 3.31. The zero-order chi connectivity index (χ0) is 22.4. The fraction of sp³-hybridized carbons (Fsp3) is 0.680. The molecule has 170 valence electrons. The number of carbonyl (C=O) groups excluding carboxylic acids is 2. The van der Waals surface area contributed by atoms with E-state index in [-0.39, 0.29) is 12.6 Å². The average molecular weight is 420 g/mol. The smallest absolute Gasteiger partial charge is 0.420 e. The second-order valence-corrected chi connectivity index (χ2v) is 8.89. The number of imide groups is 1. The molecule has 5 heteroatoms. The lowest BCUT2D eigenvalue weighted by molar-refractivity contribution is 0.01000. The summed E-state index contributed by atoms with van der Waals surface area (Å²) in [4.78, 5) is 27.2. The number of hydrogen-bond acceptors (Lipinski definition) is 4. The lowest BCUT2D eigenvalue weighted by atomic mass is 10.0. The topological polar surface area (TPSA) is 55.8 Å². The Hall–Kier alpha value is -2.04. The van der Waals surface area contributed by atoms with Gasteiger partial charge in [-0.15, -0.1) is 0 Å². The van der Waals surface area contributed by atoms with Gasteiger partial charge in [-0.1, -0.05) is 89.1 Å². The van der Waals surface area contributed by atoms with E-state index in [9.17, 15) is 9.59 Å². The number of unbranched alkanes of at least 4 members (excludes halogenated alkanes) is 5. The van der Waals surface area contributed by atoms with Crippen LogP contribution in [0.1, 0.15) is 98.0 Å². The molecule has 0 fully saturated rings. The van der Waals surface area contributed by atoms with E-state index in [2.05, 4.69) is 13.8 Å². The van der Waals surface area contributed by atoms with Crippen LogP contribution >= 0.6 is 0 Å². The number of carbonyl (C=O) groups is 2. The molecule has 30 heavy (non-hydrogen) atoms. The molecule has 0 saturated carbocycles. The third-order valence-electron chi connectivity index (χ3n) is 4.89. The van der Waals surface area contributed by atoms with Gasteiger partial charge in [0.25, 0.3) is 0 Å². The van der Waals surface area contributed by atoms with E-state index >= 15 is 0 Å². The number of nitrogens with zero attached hydrogens (tertiary/aromatic N) is 1. The van der Waals surface area contributed by atoms with Gasteiger partial charge in [-0.25, -0.2) is 14.5 Å². The first kappa shape index (κ1) is 26.0. The monoisotopic (exact) mass is 419 g/mol. The number of rotatable bonds is 12. The van der Waals surface area contributed by atoms with Crippen molar-refractivity contribution in [3.63, 3.8) is 0 Å². The van der Waals surface area contributed by atoms with Gasteiger partial charge in [-0.2, -0.15) is 0 Å². The molecule has 0 aliphatic carbocycles. The first-order valence-corrected chi connectivity index (χ1v) is 11.5. The van der Waals surface area contributed by atoms with Crippen molar-refractivity contribution in [1.82, 2.24) is 4.90 Å². The lowest BCUT2D eigenvalue weighted by Crippen LogP contribution is -2.47. The van der Waals surface area contributed by atoms with Crippen LogP contribution in [0.5, 0.6) is 0 Å². The molecular weight excluding hydrogens is 378 g/mol. The summed E-state index contributed by atoms with van der Waals surface area (Å²) in [5, 5.41) is 0. The highest BCUT2D eigenvalue weighted by molar-refractivity contribution is 5.88. The summed E-state index contributed by atoms with van der Waals surface area (Å²) in [7, 11) is 0. The third-order valence-corrected chi connectivity index (χ3v) is 4.89. The molecule has 2 amide bonds. The lowest BCUT2D eigenvalue weighted by Gasteiger charge is -2.31. The molecular formula is C25H41NO4. The first-order chi connectivity index (χ1) is 14.3. The fourth-order valence-corrected chi connectivity index (χ4v) is 3.31. The number of hydrogen-bond donors (Lipinski definition) is 0. The molecule has 0 saturated heterocycles. The Morgan fingerprint density at radius 2 is 1.43 bits per heavy atom. The Morgan fingerprint density at radius 3 is 2.00 bits per heavy atom. The van der Waals surface area contributed by atoms with Gasteiger partial charge >= 0.3 is 12.2 Å². The molecule has 1 atom stereocenters. The van der Waals surface area contributed by atoms with Crippen molar-refractivity contribution >= 4 is 12.2 Å². The molecule has 0 N–H and O–H groups in total. The van der Waals surface area contributed by atoms with Crippen LogP contribution in [0.3, 0.4) is 0 Å². The molecule has 0 heterocycles. The van der Waals surface area contributed by atoms with Crippen molar-refractivity contribution in [2.75, 3.05) is 0 Å². The molecule has 1 rings (SSSR count). The highest BCUT2D eigenvalue weighted by atomic mass is 16.6. The second-order valence-electron chi connectivity index (χ2n) is 8.89. The van der Waals surface area contributed by atoms with Crippen molar-refractivity contribution in [1.29, 1.82) is 0 Å². The van der Waals surface area contributed by atoms with Crippen LogP contribution in [0.2, 0.25) is 0 Å². The van der Waals surface area contributed by atoms with E-state index in [1.165, 1.54) is 4.90 Å². The molecule has 0 aliphatic rings. The largest absolute Gasteiger partial charge is 0.444 e. The van der Waals surface area contributed by atoms with Crippen LogP contribution in [0, 0.1) is 0 Å². The number of amides is 2. The summed E-state index contributed by atoms with van der Waals surface area (Å²) < 4.78 is 11.1. The van der Waals surface area contributed by atoms with E-state index in [1.807, 2.05) is 51.1 Å². The van der Waals surface area contributed by atoms with Crippen LogP contribution in [0.15, 0.2) is 30.3 Å². The van der Waals surface area contributed by atoms with Crippen LogP contribution < -0.4 is 0 Å². The Morgan fingerprint density at radius 1 is 0.867 bits per heavy atom. The Bertz CT molecular complexity index is 609. The molecule has 5 nitrogen and oxygen atoms in total. The highest BCUT2D eigenvalue weighted by Gasteiger charge is 2.34. The average Bonchev–Trinajstić information content (AvgIpc) is 2.69. The SMILES string of the molecule is CCCCCCC(CCCCC)N(C(=O)OCc1ccccc1)C(=O)OC(C)(C)C. The Balaban J connectivity index is 2.95. The van der Waals surface area contributed by atoms with Gasteiger partial charge in [-0.05, 0) is 39.2 Å². The van der Waals surface area contributed by atoms with Gasteiger partial charge < -0.3 is 9.47 Å². The van der Waals surface area contributed by atoms with Crippen molar-refractivity contribution < 1.29 is 19.1 Å². The van der Waals surface area contributed by atoms with E-state index < -0.39 is 17.8 Å². The van der Waals surface area contributed by atoms with Crippen LogP contribution in [-0.2, 0) is 16.1 Å². The molecule has 1 unspecified atom stereocenters. The summed E-state index contributed by atoms with van der Waals surface area (Å²) >= 11 is 0. The maximum Gasteiger partial charge on any atom is 0.420 e. The molecule has 1 aromatic carbocycles. The maximum atomic E-state index is 13.0. The number of ether oxygens (including phenoxy) is 2. The number of benzene rings is 1. The standard InChI is InChI=1S/C25H41NO4/c1-6-8-10-15-19-22(18-12-9-7-2)26(24(28)30-25(3,4)5)23(27)29-20-21-16-13-11-14-17-21/h11,13-14,16-17,22H,6-10,12,15,18-20H2,1-5H3. The van der Waals surface area contributed by atoms with Crippen molar-refractivity contribution in [2.45, 2.75) is 111 Å². The first-order valence-electron chi connectivity index (χ1n) is 11.5. The minimum atomic E-state index is -0.675. The van der Waals surface area contributed by atoms with Crippen LogP contribution in [-0.4, -0.2) is 28.7 Å². The zero-order valence-electron chi connectivity index (χ0n) is 19.6. The van der Waals surface area contributed by atoms with Crippen molar-refractivity contribution in [2.24, 2.45) is 0 Å². The Labute approximate surface area is 183 Å². The second kappa shape index (κ2) is 14.1. The molecule has 0 radical (unpaired) electrons. The van der Waals surface area contributed by atoms with Gasteiger partial charge in [0, 0.05) is 6.04 Å². The molecule has 0 bridgehead atoms. The normalized spacial score (nSPS) is 12.3. The highest BCUT2D eigenvalue weighted by Crippen LogP contribution is 2.22. The molecule has 1 aromatic rings. The van der Waals surface area contributed by atoms with E-state index in [0.29, 0.717) is 0 Å². The van der Waals surface area contributed by atoms with Gasteiger partial charge in [-0.3, -0.25) is 0 Å². The van der Waals surface area contributed by atoms with Gasteiger partial charge in [0.2, 0.25) is 0 Å². The van der Waals surface area contributed by atoms with Gasteiger partial charge in [0.1, 0.15) is 12.2 Å². The van der Waals surface area contributed by atoms with Crippen LogP contribution in [0.25, 0.3) is 0 Å². The van der Waals surface area contributed by atoms with E-state index in [4.69, 9.17) is 9.47 Å². The summed E-state index contributed by atoms with van der Waals surface area (Å²) in [5.74, 6) is 0. The van der Waals surface area contributed by atoms with Crippen molar-refractivity contribution in [3.05, 3.63) is 35.9 Å². The van der Waals surface area contributed by atoms with Gasteiger partial charge in [0.05, 0.1) is 0 Å². The minimum Gasteiger partial charge on any atom is -0.444 e. The Kier molecular flexibility index (Phi) is 12.2. The third kappa shape index (κ3) is 10.7. The summed E-state index contributed by atoms with van der Waals surface area (Å²) in [6.07, 6.45) is 7.85. The van der Waals surface area contributed by atoms with Gasteiger partial charge in [0.15, 0.2) is 0 Å². The van der Waals surface area contributed by atoms with E-state index in [0.717, 1.165) is 63.4 Å². The van der Waals surface area contributed by atoms with Crippen molar-refractivity contribution in [3.8, 4) is 0 Å². The predicted octanol–water partition coefficient (Wildman–Crippen LogP) is 7.48. The summed E-state index contributed by atoms with van der Waals surface area (Å²) in [5.41, 5.74) is 0.214. The predicted molar refractivity (Wildman–Crippen MR) is 121 cm³/mol. The zero-order valence-corrected chi connectivity index (χ0v) is 19.6. The molecule has 0 aromatic heterocycles. The summed E-state index contributed by atoms with van der Waals surface area (Å²) in [6, 6.07) is 9.31. The summed E-state index contributed by atoms with van der Waals surface area (Å²) in [6.45, 7) is 9.89. The minimum absolute atomic E-state index is 0.135.